The predicted molar refractivity (Wildman–Crippen MR) is 70.9 cm³/mol. The van der Waals surface area contributed by atoms with Crippen molar-refractivity contribution in [1.82, 2.24) is 14.9 Å². The van der Waals surface area contributed by atoms with E-state index in [1.54, 1.807) is 24.2 Å². The number of carbonyl (C=O) groups is 1. The summed E-state index contributed by atoms with van der Waals surface area (Å²) in [5.74, 6) is -0.173. The molecule has 7 nitrogen and oxygen atoms in total. The van der Waals surface area contributed by atoms with E-state index in [0.717, 1.165) is 6.42 Å². The van der Waals surface area contributed by atoms with Crippen molar-refractivity contribution in [2.45, 2.75) is 13.0 Å². The number of aromatic nitrogens is 2. The molecule has 0 fully saturated rings. The summed E-state index contributed by atoms with van der Waals surface area (Å²) in [4.78, 5) is 15.7. The molecule has 0 spiro atoms. The van der Waals surface area contributed by atoms with Crippen molar-refractivity contribution in [3.63, 3.8) is 0 Å². The number of imidazole rings is 1. The highest BCUT2D eigenvalue weighted by molar-refractivity contribution is 5.91. The van der Waals surface area contributed by atoms with Gasteiger partial charge in [0.25, 0.3) is 5.91 Å². The standard InChI is InChI=1S/C12H22N4O3/c1-18-7-8-19-6-2-4-14-12(17)11-9-16(5-3-13)10-15-11/h9-10H,2-8,13H2,1H3,(H,14,17). The van der Waals surface area contributed by atoms with Gasteiger partial charge in [0.1, 0.15) is 5.69 Å². The zero-order valence-electron chi connectivity index (χ0n) is 11.3. The second-order valence-electron chi connectivity index (χ2n) is 4.00. The Morgan fingerprint density at radius 3 is 3.05 bits per heavy atom. The average molecular weight is 270 g/mol. The van der Waals surface area contributed by atoms with Gasteiger partial charge in [-0.25, -0.2) is 4.98 Å². The maximum Gasteiger partial charge on any atom is 0.271 e. The van der Waals surface area contributed by atoms with Crippen molar-refractivity contribution in [1.29, 1.82) is 0 Å². The molecule has 7 heteroatoms. The summed E-state index contributed by atoms with van der Waals surface area (Å²) in [5, 5.41) is 2.79. The summed E-state index contributed by atoms with van der Waals surface area (Å²) < 4.78 is 11.9. The Morgan fingerprint density at radius 1 is 1.47 bits per heavy atom. The minimum absolute atomic E-state index is 0.173. The van der Waals surface area contributed by atoms with Gasteiger partial charge in [-0.15, -0.1) is 0 Å². The lowest BCUT2D eigenvalue weighted by Crippen LogP contribution is -2.25. The van der Waals surface area contributed by atoms with Crippen LogP contribution >= 0.6 is 0 Å². The molecule has 1 amide bonds. The molecule has 1 heterocycles. The lowest BCUT2D eigenvalue weighted by Gasteiger charge is -2.04. The van der Waals surface area contributed by atoms with Crippen molar-refractivity contribution in [3.8, 4) is 0 Å². The summed E-state index contributed by atoms with van der Waals surface area (Å²) in [5.41, 5.74) is 5.83. The molecule has 108 valence electrons. The summed E-state index contributed by atoms with van der Waals surface area (Å²) in [7, 11) is 1.63. The second-order valence-corrected chi connectivity index (χ2v) is 4.00. The van der Waals surface area contributed by atoms with E-state index in [2.05, 4.69) is 10.3 Å². The molecule has 0 saturated carbocycles. The minimum Gasteiger partial charge on any atom is -0.382 e. The fourth-order valence-corrected chi connectivity index (χ4v) is 1.46. The molecular formula is C12H22N4O3. The lowest BCUT2D eigenvalue weighted by molar-refractivity contribution is 0.0688. The van der Waals surface area contributed by atoms with Crippen molar-refractivity contribution in [2.75, 3.05) is 40.0 Å². The first kappa shape index (κ1) is 15.6. The van der Waals surface area contributed by atoms with Crippen LogP contribution in [-0.4, -0.2) is 55.5 Å². The normalized spacial score (nSPS) is 10.6. The van der Waals surface area contributed by atoms with Gasteiger partial charge in [0.2, 0.25) is 0 Å². The quantitative estimate of drug-likeness (QED) is 0.566. The monoisotopic (exact) mass is 270 g/mol. The Hall–Kier alpha value is -1.44. The third-order valence-electron chi connectivity index (χ3n) is 2.44. The third kappa shape index (κ3) is 6.32. The van der Waals surface area contributed by atoms with Crippen LogP contribution in [0.25, 0.3) is 0 Å². The van der Waals surface area contributed by atoms with Gasteiger partial charge in [-0.1, -0.05) is 0 Å². The molecule has 1 aromatic heterocycles. The van der Waals surface area contributed by atoms with Crippen molar-refractivity contribution < 1.29 is 14.3 Å². The van der Waals surface area contributed by atoms with Gasteiger partial charge in [-0.05, 0) is 6.42 Å². The van der Waals surface area contributed by atoms with Crippen LogP contribution in [0.3, 0.4) is 0 Å². The number of amides is 1. The van der Waals surface area contributed by atoms with Crippen molar-refractivity contribution in [2.24, 2.45) is 5.73 Å². The number of nitrogens with zero attached hydrogens (tertiary/aromatic N) is 2. The molecule has 19 heavy (non-hydrogen) atoms. The molecule has 0 aliphatic rings. The number of methoxy groups -OCH3 is 1. The van der Waals surface area contributed by atoms with Gasteiger partial charge in [0.15, 0.2) is 0 Å². The molecule has 0 radical (unpaired) electrons. The van der Waals surface area contributed by atoms with Crippen molar-refractivity contribution >= 4 is 5.91 Å². The summed E-state index contributed by atoms with van der Waals surface area (Å²) in [6.07, 6.45) is 4.06. The van der Waals surface area contributed by atoms with E-state index in [1.165, 1.54) is 0 Å². The van der Waals surface area contributed by atoms with Crippen LogP contribution in [0.4, 0.5) is 0 Å². The highest BCUT2D eigenvalue weighted by Crippen LogP contribution is 1.95. The fraction of sp³-hybridized carbons (Fsp3) is 0.667. The van der Waals surface area contributed by atoms with Crippen LogP contribution in [0, 0.1) is 0 Å². The van der Waals surface area contributed by atoms with Gasteiger partial charge < -0.3 is 25.1 Å². The van der Waals surface area contributed by atoms with E-state index < -0.39 is 0 Å². The zero-order chi connectivity index (χ0) is 13.9. The number of nitrogens with two attached hydrogens (primary N) is 1. The number of nitrogens with one attached hydrogen (secondary N) is 1. The molecular weight excluding hydrogens is 248 g/mol. The van der Waals surface area contributed by atoms with Crippen LogP contribution < -0.4 is 11.1 Å². The van der Waals surface area contributed by atoms with Crippen LogP contribution in [0.1, 0.15) is 16.9 Å². The first-order valence-electron chi connectivity index (χ1n) is 6.34. The van der Waals surface area contributed by atoms with Crippen LogP contribution in [-0.2, 0) is 16.0 Å². The molecule has 1 rings (SSSR count). The maximum atomic E-state index is 11.7. The first-order valence-corrected chi connectivity index (χ1v) is 6.34. The Labute approximate surface area is 113 Å². The minimum atomic E-state index is -0.173. The summed E-state index contributed by atoms with van der Waals surface area (Å²) in [6.45, 7) is 3.52. The van der Waals surface area contributed by atoms with Crippen molar-refractivity contribution in [3.05, 3.63) is 18.2 Å². The van der Waals surface area contributed by atoms with Crippen LogP contribution in [0.5, 0.6) is 0 Å². The number of hydrogen-bond donors (Lipinski definition) is 2. The largest absolute Gasteiger partial charge is 0.382 e. The van der Waals surface area contributed by atoms with E-state index in [1.807, 2.05) is 0 Å². The smallest absolute Gasteiger partial charge is 0.271 e. The van der Waals surface area contributed by atoms with E-state index >= 15 is 0 Å². The van der Waals surface area contributed by atoms with Gasteiger partial charge >= 0.3 is 0 Å². The van der Waals surface area contributed by atoms with Crippen LogP contribution in [0.15, 0.2) is 12.5 Å². The average Bonchev–Trinajstić information content (AvgIpc) is 2.87. The SMILES string of the molecule is COCCOCCCNC(=O)c1cn(CCN)cn1. The third-order valence-corrected chi connectivity index (χ3v) is 2.44. The van der Waals surface area contributed by atoms with Gasteiger partial charge in [-0.2, -0.15) is 0 Å². The molecule has 0 aromatic carbocycles. The molecule has 0 aliphatic heterocycles. The maximum absolute atomic E-state index is 11.7. The Kier molecular flexibility index (Phi) is 7.80. The number of carbonyl (C=O) groups excluding carboxylic acids is 1. The topological polar surface area (TPSA) is 91.4 Å². The molecule has 0 saturated heterocycles. The highest BCUT2D eigenvalue weighted by atomic mass is 16.5. The predicted octanol–water partition coefficient (Wildman–Crippen LogP) is -0.375. The molecule has 3 N–H and O–H groups in total. The molecule has 0 atom stereocenters. The Balaban J connectivity index is 2.13. The lowest BCUT2D eigenvalue weighted by atomic mass is 10.4. The van der Waals surface area contributed by atoms with Gasteiger partial charge in [0, 0.05) is 39.5 Å². The molecule has 0 unspecified atom stereocenters. The molecule has 0 aliphatic carbocycles. The number of rotatable bonds is 10. The second kappa shape index (κ2) is 9.48. The van der Waals surface area contributed by atoms with Crippen LogP contribution in [0.2, 0.25) is 0 Å². The number of ether oxygens (including phenoxy) is 2. The summed E-state index contributed by atoms with van der Waals surface area (Å²) in [6, 6.07) is 0. The van der Waals surface area contributed by atoms with Gasteiger partial charge in [0.05, 0.1) is 19.5 Å². The molecule has 1 aromatic rings. The fourth-order valence-electron chi connectivity index (χ4n) is 1.46. The van der Waals surface area contributed by atoms with E-state index in [-0.39, 0.29) is 5.91 Å². The molecule has 0 bridgehead atoms. The Morgan fingerprint density at radius 2 is 2.32 bits per heavy atom. The highest BCUT2D eigenvalue weighted by Gasteiger charge is 2.07. The van der Waals surface area contributed by atoms with E-state index in [0.29, 0.717) is 45.1 Å². The van der Waals surface area contributed by atoms with E-state index in [9.17, 15) is 4.79 Å². The first-order chi connectivity index (χ1) is 9.27. The van der Waals surface area contributed by atoms with Gasteiger partial charge in [-0.3, -0.25) is 4.79 Å². The summed E-state index contributed by atoms with van der Waals surface area (Å²) >= 11 is 0. The Bertz CT molecular complexity index is 368. The van der Waals surface area contributed by atoms with E-state index in [4.69, 9.17) is 15.2 Å². The number of hydrogen-bond acceptors (Lipinski definition) is 5. The zero-order valence-corrected chi connectivity index (χ0v) is 11.3.